The van der Waals surface area contributed by atoms with Gasteiger partial charge in [-0.1, -0.05) is 17.8 Å². The van der Waals surface area contributed by atoms with Crippen LogP contribution in [0, 0.1) is 18.3 Å². The molecule has 1 atom stereocenters. The second-order valence-corrected chi connectivity index (χ2v) is 6.65. The van der Waals surface area contributed by atoms with Gasteiger partial charge in [0.1, 0.15) is 5.54 Å². The van der Waals surface area contributed by atoms with Crippen molar-refractivity contribution in [3.8, 4) is 6.07 Å². The quantitative estimate of drug-likeness (QED) is 0.605. The molecule has 0 aliphatic rings. The van der Waals surface area contributed by atoms with Crippen LogP contribution in [0.25, 0.3) is 11.0 Å². The van der Waals surface area contributed by atoms with E-state index in [9.17, 15) is 0 Å². The van der Waals surface area contributed by atoms with E-state index in [1.807, 2.05) is 14.0 Å². The monoisotopic (exact) mass is 302 g/mol. The number of unbranched alkanes of at least 4 members (excludes halogenated alkanes) is 1. The molecule has 0 saturated heterocycles. The minimum atomic E-state index is -0.401. The number of fused-ring (bicyclic) bond motifs is 1. The maximum Gasteiger partial charge on any atom is 0.166 e. The van der Waals surface area contributed by atoms with Crippen LogP contribution in [0.15, 0.2) is 23.4 Å². The lowest BCUT2D eigenvalue weighted by molar-refractivity contribution is 0.439. The Labute approximate surface area is 130 Å². The Kier molecular flexibility index (Phi) is 5.27. The summed E-state index contributed by atoms with van der Waals surface area (Å²) < 4.78 is 0. The summed E-state index contributed by atoms with van der Waals surface area (Å²) in [5.74, 6) is 1.02. The van der Waals surface area contributed by atoms with Crippen LogP contribution < -0.4 is 5.32 Å². The first kappa shape index (κ1) is 15.9. The van der Waals surface area contributed by atoms with Crippen molar-refractivity contribution in [3.63, 3.8) is 0 Å². The number of nitrogens with zero attached hydrogens (tertiary/aromatic N) is 2. The zero-order chi connectivity index (χ0) is 15.3. The van der Waals surface area contributed by atoms with Crippen molar-refractivity contribution in [2.45, 2.75) is 43.8 Å². The van der Waals surface area contributed by atoms with Crippen LogP contribution in [0.4, 0.5) is 0 Å². The van der Waals surface area contributed by atoms with Crippen LogP contribution in [-0.2, 0) is 0 Å². The highest BCUT2D eigenvalue weighted by atomic mass is 32.2. The van der Waals surface area contributed by atoms with Gasteiger partial charge in [0.15, 0.2) is 5.16 Å². The number of thioether (sulfide) groups is 1. The number of nitriles is 1. The van der Waals surface area contributed by atoms with Gasteiger partial charge in [-0.25, -0.2) is 4.98 Å². The third-order valence-electron chi connectivity index (χ3n) is 3.72. The Balaban J connectivity index is 1.79. The Bertz CT molecular complexity index is 643. The normalized spacial score (nSPS) is 14.0. The number of hydrogen-bond acceptors (Lipinski definition) is 4. The third-order valence-corrected chi connectivity index (χ3v) is 4.68. The van der Waals surface area contributed by atoms with Crippen molar-refractivity contribution < 1.29 is 0 Å². The van der Waals surface area contributed by atoms with E-state index in [1.54, 1.807) is 11.8 Å². The van der Waals surface area contributed by atoms with Gasteiger partial charge in [0.2, 0.25) is 0 Å². The van der Waals surface area contributed by atoms with Crippen molar-refractivity contribution in [3.05, 3.63) is 23.8 Å². The van der Waals surface area contributed by atoms with Crippen molar-refractivity contribution in [1.29, 1.82) is 5.26 Å². The summed E-state index contributed by atoms with van der Waals surface area (Å²) in [6.07, 6.45) is 3.00. The fraction of sp³-hybridized carbons (Fsp3) is 0.500. The zero-order valence-electron chi connectivity index (χ0n) is 12.9. The van der Waals surface area contributed by atoms with E-state index in [0.717, 1.165) is 41.2 Å². The number of nitrogens with one attached hydrogen (secondary N) is 2. The van der Waals surface area contributed by atoms with Gasteiger partial charge in [0, 0.05) is 5.75 Å². The maximum atomic E-state index is 9.09. The third kappa shape index (κ3) is 4.23. The van der Waals surface area contributed by atoms with Gasteiger partial charge < -0.3 is 10.3 Å². The molecule has 2 N–H and O–H groups in total. The number of H-pyrrole nitrogens is 1. The molecule has 2 rings (SSSR count). The van der Waals surface area contributed by atoms with E-state index >= 15 is 0 Å². The van der Waals surface area contributed by atoms with Crippen LogP contribution in [0.1, 0.15) is 31.7 Å². The second-order valence-electron chi connectivity index (χ2n) is 5.56. The zero-order valence-corrected chi connectivity index (χ0v) is 13.7. The van der Waals surface area contributed by atoms with E-state index in [4.69, 9.17) is 5.26 Å². The largest absolute Gasteiger partial charge is 0.333 e. The smallest absolute Gasteiger partial charge is 0.166 e. The molecule has 1 heterocycles. The van der Waals surface area contributed by atoms with Crippen LogP contribution in [0.2, 0.25) is 0 Å². The van der Waals surface area contributed by atoms with Crippen molar-refractivity contribution >= 4 is 22.8 Å². The average Bonchev–Trinajstić information content (AvgIpc) is 2.88. The van der Waals surface area contributed by atoms with E-state index in [1.165, 1.54) is 5.56 Å². The summed E-state index contributed by atoms with van der Waals surface area (Å²) in [5, 5.41) is 13.1. The summed E-state index contributed by atoms with van der Waals surface area (Å²) >= 11 is 1.75. The number of hydrogen-bond donors (Lipinski definition) is 2. The number of imidazole rings is 1. The lowest BCUT2D eigenvalue weighted by Crippen LogP contribution is -2.37. The first-order valence-corrected chi connectivity index (χ1v) is 8.24. The van der Waals surface area contributed by atoms with Crippen LogP contribution in [0.5, 0.6) is 0 Å². The number of rotatable bonds is 7. The molecule has 2 aromatic rings. The van der Waals surface area contributed by atoms with E-state index < -0.39 is 5.54 Å². The van der Waals surface area contributed by atoms with Crippen LogP contribution in [0.3, 0.4) is 0 Å². The summed E-state index contributed by atoms with van der Waals surface area (Å²) in [7, 11) is 1.84. The van der Waals surface area contributed by atoms with Crippen molar-refractivity contribution in [1.82, 2.24) is 15.3 Å². The molecule has 0 amide bonds. The molecule has 4 nitrogen and oxygen atoms in total. The summed E-state index contributed by atoms with van der Waals surface area (Å²) in [4.78, 5) is 7.93. The fourth-order valence-electron chi connectivity index (χ4n) is 2.15. The van der Waals surface area contributed by atoms with E-state index in [-0.39, 0.29) is 0 Å². The first-order valence-electron chi connectivity index (χ1n) is 7.26. The molecule has 21 heavy (non-hydrogen) atoms. The summed E-state index contributed by atoms with van der Waals surface area (Å²) in [5.41, 5.74) is 2.97. The molecular weight excluding hydrogens is 280 g/mol. The molecule has 1 aromatic carbocycles. The lowest BCUT2D eigenvalue weighted by Gasteiger charge is -2.20. The molecule has 1 aromatic heterocycles. The van der Waals surface area contributed by atoms with Gasteiger partial charge >= 0.3 is 0 Å². The predicted molar refractivity (Wildman–Crippen MR) is 88.5 cm³/mol. The number of aryl methyl sites for hydroxylation is 1. The minimum absolute atomic E-state index is 0.401. The molecule has 0 bridgehead atoms. The molecule has 5 heteroatoms. The van der Waals surface area contributed by atoms with Gasteiger partial charge in [0.05, 0.1) is 17.1 Å². The molecule has 0 saturated carbocycles. The highest BCUT2D eigenvalue weighted by Gasteiger charge is 2.19. The predicted octanol–water partition coefficient (Wildman–Crippen LogP) is 3.64. The molecule has 0 aliphatic carbocycles. The highest BCUT2D eigenvalue weighted by Crippen LogP contribution is 2.22. The van der Waals surface area contributed by atoms with E-state index in [0.29, 0.717) is 0 Å². The Morgan fingerprint density at radius 2 is 2.24 bits per heavy atom. The van der Waals surface area contributed by atoms with E-state index in [2.05, 4.69) is 46.5 Å². The number of aromatic nitrogens is 2. The minimum Gasteiger partial charge on any atom is -0.333 e. The molecule has 0 fully saturated rings. The Hall–Kier alpha value is -1.51. The van der Waals surface area contributed by atoms with Gasteiger partial charge in [-0.15, -0.1) is 0 Å². The average molecular weight is 302 g/mol. The molecule has 0 aliphatic heterocycles. The molecule has 112 valence electrons. The molecule has 1 unspecified atom stereocenters. The SMILES string of the molecule is CNC(C)(C#N)CCCCSc1nc2ccc(C)cc2[nH]1. The van der Waals surface area contributed by atoms with Gasteiger partial charge in [-0.3, -0.25) is 0 Å². The topological polar surface area (TPSA) is 64.5 Å². The van der Waals surface area contributed by atoms with Gasteiger partial charge in [0.25, 0.3) is 0 Å². The standard InChI is InChI=1S/C16H22N4S/c1-12-6-7-13-14(10-12)20-15(19-13)21-9-5-4-8-16(2,11-17)18-3/h6-7,10,18H,4-5,8-9H2,1-3H3,(H,19,20). The van der Waals surface area contributed by atoms with Crippen LogP contribution >= 0.6 is 11.8 Å². The highest BCUT2D eigenvalue weighted by molar-refractivity contribution is 7.99. The summed E-state index contributed by atoms with van der Waals surface area (Å²) in [6.45, 7) is 4.03. The lowest BCUT2D eigenvalue weighted by atomic mass is 9.97. The van der Waals surface area contributed by atoms with Gasteiger partial charge in [-0.05, 0) is 57.9 Å². The molecular formula is C16H22N4S. The second kappa shape index (κ2) is 6.97. The van der Waals surface area contributed by atoms with Crippen molar-refractivity contribution in [2.24, 2.45) is 0 Å². The molecule has 0 radical (unpaired) electrons. The Morgan fingerprint density at radius 1 is 1.43 bits per heavy atom. The maximum absolute atomic E-state index is 9.09. The van der Waals surface area contributed by atoms with Crippen molar-refractivity contribution in [2.75, 3.05) is 12.8 Å². The summed E-state index contributed by atoms with van der Waals surface area (Å²) in [6, 6.07) is 8.58. The number of benzene rings is 1. The molecule has 0 spiro atoms. The fourth-order valence-corrected chi connectivity index (χ4v) is 3.04. The first-order chi connectivity index (χ1) is 10.1. The number of aromatic amines is 1. The van der Waals surface area contributed by atoms with Crippen LogP contribution in [-0.4, -0.2) is 28.3 Å². The Morgan fingerprint density at radius 3 is 2.95 bits per heavy atom. The van der Waals surface area contributed by atoms with Gasteiger partial charge in [-0.2, -0.15) is 5.26 Å².